The van der Waals surface area contributed by atoms with Crippen molar-refractivity contribution < 1.29 is 20.1 Å². The first kappa shape index (κ1) is 22.5. The Kier molecular flexibility index (Phi) is 7.32. The summed E-state index contributed by atoms with van der Waals surface area (Å²) < 4.78 is 5.95. The topological polar surface area (TPSA) is 69.9 Å². The largest absolute Gasteiger partial charge is 0.488 e. The van der Waals surface area contributed by atoms with Crippen LogP contribution in [0.15, 0.2) is 47.8 Å². The summed E-state index contributed by atoms with van der Waals surface area (Å²) in [5.41, 5.74) is 4.87. The molecule has 0 aliphatic rings. The van der Waals surface area contributed by atoms with Crippen LogP contribution in [0.3, 0.4) is 0 Å². The number of aryl methyl sites for hydroxylation is 1. The Morgan fingerprint density at radius 1 is 0.933 bits per heavy atom. The molecule has 1 heterocycles. The molecule has 3 rings (SSSR count). The number of aliphatic hydroxyl groups is 3. The molecule has 0 aliphatic carbocycles. The number of aliphatic hydroxyl groups excluding tert-OH is 2. The highest BCUT2D eigenvalue weighted by Crippen LogP contribution is 2.36. The van der Waals surface area contributed by atoms with E-state index in [0.29, 0.717) is 19.4 Å². The van der Waals surface area contributed by atoms with E-state index in [0.717, 1.165) is 44.0 Å². The van der Waals surface area contributed by atoms with Crippen molar-refractivity contribution in [2.75, 3.05) is 0 Å². The molecule has 30 heavy (non-hydrogen) atoms. The predicted molar refractivity (Wildman–Crippen MR) is 122 cm³/mol. The van der Waals surface area contributed by atoms with Crippen molar-refractivity contribution in [1.29, 1.82) is 0 Å². The maximum absolute atomic E-state index is 10.8. The molecule has 0 amide bonds. The molecule has 5 heteroatoms. The quantitative estimate of drug-likeness (QED) is 0.435. The Hall–Kier alpha value is -2.18. The molecule has 0 unspecified atom stereocenters. The summed E-state index contributed by atoms with van der Waals surface area (Å²) in [6.07, 6.45) is 1.38. The monoisotopic (exact) mass is 426 g/mol. The summed E-state index contributed by atoms with van der Waals surface area (Å²) in [6.45, 7) is 6.30. The number of thiophene rings is 1. The second-order valence-electron chi connectivity index (χ2n) is 7.62. The maximum Gasteiger partial charge on any atom is 0.131 e. The normalized spacial score (nSPS) is 11.7. The molecule has 3 N–H and O–H groups in total. The lowest BCUT2D eigenvalue weighted by atomic mass is 9.87. The van der Waals surface area contributed by atoms with E-state index in [9.17, 15) is 15.3 Å². The summed E-state index contributed by atoms with van der Waals surface area (Å²) in [4.78, 5) is 1.12. The summed E-state index contributed by atoms with van der Waals surface area (Å²) in [6, 6.07) is 13.8. The zero-order valence-electron chi connectivity index (χ0n) is 17.8. The smallest absolute Gasteiger partial charge is 0.131 e. The van der Waals surface area contributed by atoms with E-state index in [-0.39, 0.29) is 13.2 Å². The van der Waals surface area contributed by atoms with Gasteiger partial charge in [0, 0.05) is 10.3 Å². The van der Waals surface area contributed by atoms with Gasteiger partial charge >= 0.3 is 0 Å². The molecule has 160 valence electrons. The first-order valence-corrected chi connectivity index (χ1v) is 11.2. The standard InChI is InChI=1S/C25H30O4S/c1-4-25(28,5-2)21-8-9-23(17(3)10-21)24-12-22(16-30-24)29-15-18-6-7-19(13-26)20(11-18)14-27/h6-12,16,26-28H,4-5,13-15H2,1-3H3. The molecule has 3 aromatic rings. The number of hydrogen-bond donors (Lipinski definition) is 3. The lowest BCUT2D eigenvalue weighted by molar-refractivity contribution is 0.0283. The van der Waals surface area contributed by atoms with E-state index >= 15 is 0 Å². The van der Waals surface area contributed by atoms with E-state index in [1.54, 1.807) is 11.3 Å². The lowest BCUT2D eigenvalue weighted by Gasteiger charge is -2.26. The van der Waals surface area contributed by atoms with Gasteiger partial charge in [-0.1, -0.05) is 44.2 Å². The molecular formula is C25H30O4S. The fourth-order valence-electron chi connectivity index (χ4n) is 3.66. The highest BCUT2D eigenvalue weighted by Gasteiger charge is 2.25. The molecule has 0 saturated heterocycles. The summed E-state index contributed by atoms with van der Waals surface area (Å²) in [5.74, 6) is 0.800. The SMILES string of the molecule is CCC(O)(CC)c1ccc(-c2cc(OCc3ccc(CO)c(CO)c3)cs2)c(C)c1. The zero-order chi connectivity index (χ0) is 21.7. The van der Waals surface area contributed by atoms with Crippen LogP contribution in [0.5, 0.6) is 5.75 Å². The van der Waals surface area contributed by atoms with Crippen molar-refractivity contribution in [3.63, 3.8) is 0 Å². The Labute approximate surface area is 182 Å². The minimum Gasteiger partial charge on any atom is -0.488 e. The average Bonchev–Trinajstić information content (AvgIpc) is 3.25. The summed E-state index contributed by atoms with van der Waals surface area (Å²) in [5, 5.41) is 31.6. The van der Waals surface area contributed by atoms with E-state index in [1.165, 1.54) is 0 Å². The Morgan fingerprint density at radius 3 is 2.30 bits per heavy atom. The Balaban J connectivity index is 1.74. The molecule has 4 nitrogen and oxygen atoms in total. The van der Waals surface area contributed by atoms with E-state index in [2.05, 4.69) is 19.1 Å². The van der Waals surface area contributed by atoms with Crippen LogP contribution in [0.1, 0.15) is 54.5 Å². The van der Waals surface area contributed by atoms with Crippen LogP contribution in [0.25, 0.3) is 10.4 Å². The first-order chi connectivity index (χ1) is 14.4. The van der Waals surface area contributed by atoms with Gasteiger partial charge in [0.2, 0.25) is 0 Å². The minimum atomic E-state index is -0.772. The molecule has 0 saturated carbocycles. The Bertz CT molecular complexity index is 989. The molecule has 0 fully saturated rings. The number of rotatable bonds is 9. The third kappa shape index (κ3) is 4.76. The second kappa shape index (κ2) is 9.75. The highest BCUT2D eigenvalue weighted by molar-refractivity contribution is 7.13. The molecule has 0 spiro atoms. The van der Waals surface area contributed by atoms with Crippen LogP contribution >= 0.6 is 11.3 Å². The zero-order valence-corrected chi connectivity index (χ0v) is 18.6. The van der Waals surface area contributed by atoms with Gasteiger partial charge in [-0.15, -0.1) is 11.3 Å². The van der Waals surface area contributed by atoms with Crippen LogP contribution in [0.4, 0.5) is 0 Å². The van der Waals surface area contributed by atoms with Crippen molar-refractivity contribution in [2.24, 2.45) is 0 Å². The van der Waals surface area contributed by atoms with Crippen LogP contribution < -0.4 is 4.74 Å². The second-order valence-corrected chi connectivity index (χ2v) is 8.53. The number of benzene rings is 2. The maximum atomic E-state index is 10.8. The summed E-state index contributed by atoms with van der Waals surface area (Å²) >= 11 is 1.63. The van der Waals surface area contributed by atoms with Crippen LogP contribution in [-0.4, -0.2) is 15.3 Å². The van der Waals surface area contributed by atoms with Crippen LogP contribution in [0.2, 0.25) is 0 Å². The van der Waals surface area contributed by atoms with Gasteiger partial charge in [-0.2, -0.15) is 0 Å². The predicted octanol–water partition coefficient (Wildman–Crippen LogP) is 5.29. The van der Waals surface area contributed by atoms with Gasteiger partial charge in [0.25, 0.3) is 0 Å². The fraction of sp³-hybridized carbons (Fsp3) is 0.360. The molecule has 0 bridgehead atoms. The van der Waals surface area contributed by atoms with Gasteiger partial charge in [0.15, 0.2) is 0 Å². The minimum absolute atomic E-state index is 0.0863. The molecule has 0 aliphatic heterocycles. The Morgan fingerprint density at radius 2 is 1.67 bits per heavy atom. The van der Waals surface area contributed by atoms with Crippen LogP contribution in [-0.2, 0) is 25.4 Å². The van der Waals surface area contributed by atoms with Crippen molar-refractivity contribution in [3.05, 3.63) is 75.7 Å². The van der Waals surface area contributed by atoms with Gasteiger partial charge < -0.3 is 20.1 Å². The van der Waals surface area contributed by atoms with E-state index in [4.69, 9.17) is 4.74 Å². The third-order valence-electron chi connectivity index (χ3n) is 5.79. The van der Waals surface area contributed by atoms with Gasteiger partial charge in [-0.3, -0.25) is 0 Å². The fourth-order valence-corrected chi connectivity index (χ4v) is 4.58. The van der Waals surface area contributed by atoms with Gasteiger partial charge in [-0.25, -0.2) is 0 Å². The van der Waals surface area contributed by atoms with Crippen LogP contribution in [0, 0.1) is 6.92 Å². The number of hydrogen-bond acceptors (Lipinski definition) is 5. The van der Waals surface area contributed by atoms with E-state index in [1.807, 2.05) is 49.6 Å². The third-order valence-corrected chi connectivity index (χ3v) is 6.73. The van der Waals surface area contributed by atoms with Crippen molar-refractivity contribution in [2.45, 2.75) is 59.0 Å². The van der Waals surface area contributed by atoms with Crippen molar-refractivity contribution in [1.82, 2.24) is 0 Å². The molecular weight excluding hydrogens is 396 g/mol. The molecule has 1 aromatic heterocycles. The van der Waals surface area contributed by atoms with Crippen molar-refractivity contribution >= 4 is 11.3 Å². The summed E-state index contributed by atoms with van der Waals surface area (Å²) in [7, 11) is 0. The first-order valence-electron chi connectivity index (χ1n) is 10.3. The van der Waals surface area contributed by atoms with Gasteiger partial charge in [0.05, 0.1) is 18.8 Å². The van der Waals surface area contributed by atoms with E-state index < -0.39 is 5.60 Å². The van der Waals surface area contributed by atoms with Gasteiger partial charge in [0.1, 0.15) is 12.4 Å². The lowest BCUT2D eigenvalue weighted by Crippen LogP contribution is -2.23. The average molecular weight is 427 g/mol. The number of ether oxygens (including phenoxy) is 1. The molecule has 0 atom stereocenters. The van der Waals surface area contributed by atoms with Crippen molar-refractivity contribution in [3.8, 4) is 16.2 Å². The molecule has 2 aromatic carbocycles. The molecule has 0 radical (unpaired) electrons. The highest BCUT2D eigenvalue weighted by atomic mass is 32.1. The van der Waals surface area contributed by atoms with Gasteiger partial charge in [-0.05, 0) is 65.3 Å².